The summed E-state index contributed by atoms with van der Waals surface area (Å²) in [5.74, 6) is 0. The van der Waals surface area contributed by atoms with Gasteiger partial charge >= 0.3 is 0 Å². The van der Waals surface area contributed by atoms with Gasteiger partial charge in [0.15, 0.2) is 0 Å². The minimum Gasteiger partial charge on any atom is -0.0925 e. The minimum atomic E-state index is 1.06. The van der Waals surface area contributed by atoms with Crippen LogP contribution in [0.5, 0.6) is 0 Å². The molecule has 9 heavy (non-hydrogen) atoms. The third kappa shape index (κ3) is 7.96. The summed E-state index contributed by atoms with van der Waals surface area (Å²) >= 11 is 3.34. The molecule has 0 nitrogen and oxygen atoms in total. The maximum atomic E-state index is 3.34. The normalized spacial score (nSPS) is 10.1. The van der Waals surface area contributed by atoms with Gasteiger partial charge < -0.3 is 0 Å². The zero-order valence-corrected chi connectivity index (χ0v) is 7.61. The van der Waals surface area contributed by atoms with Crippen LogP contribution in [-0.2, 0) is 0 Å². The summed E-state index contributed by atoms with van der Waals surface area (Å²) in [5, 5.41) is 1.06. The van der Waals surface area contributed by atoms with Crippen molar-refractivity contribution < 1.29 is 0 Å². The van der Waals surface area contributed by atoms with Crippen LogP contribution >= 0.6 is 15.9 Å². The third-order valence-electron chi connectivity index (χ3n) is 0.841. The van der Waals surface area contributed by atoms with Crippen LogP contribution < -0.4 is 0 Å². The first kappa shape index (κ1) is 8.96. The topological polar surface area (TPSA) is 0 Å². The summed E-state index contributed by atoms with van der Waals surface area (Å²) in [6, 6.07) is 0. The lowest BCUT2D eigenvalue weighted by molar-refractivity contribution is 1.26. The largest absolute Gasteiger partial charge is 0.0925 e. The monoisotopic (exact) mass is 188 g/mol. The summed E-state index contributed by atoms with van der Waals surface area (Å²) in [6.45, 7) is 4.19. The van der Waals surface area contributed by atoms with Crippen molar-refractivity contribution in [3.8, 4) is 0 Å². The molecule has 0 bridgehead atoms. The van der Waals surface area contributed by atoms with Crippen molar-refractivity contribution in [1.29, 1.82) is 0 Å². The molecule has 0 atom stereocenters. The Balaban J connectivity index is 3.35. The molecule has 1 heteroatoms. The van der Waals surface area contributed by atoms with Gasteiger partial charge in [0.1, 0.15) is 0 Å². The van der Waals surface area contributed by atoms with Gasteiger partial charge in [0, 0.05) is 5.33 Å². The molecule has 0 spiro atoms. The molecule has 0 aliphatic carbocycles. The Bertz CT molecular complexity index is 108. The van der Waals surface area contributed by atoms with E-state index < -0.39 is 0 Å². The maximum absolute atomic E-state index is 3.34. The minimum absolute atomic E-state index is 1.06. The summed E-state index contributed by atoms with van der Waals surface area (Å²) in [7, 11) is 0. The van der Waals surface area contributed by atoms with E-state index in [4.69, 9.17) is 0 Å². The molecule has 0 heterocycles. The van der Waals surface area contributed by atoms with E-state index in [9.17, 15) is 0 Å². The Morgan fingerprint density at radius 2 is 2.11 bits per heavy atom. The molecule has 0 saturated carbocycles. The molecular formula is C8H13Br. The van der Waals surface area contributed by atoms with E-state index in [1.165, 1.54) is 5.57 Å². The van der Waals surface area contributed by atoms with Gasteiger partial charge in [0.05, 0.1) is 0 Å². The van der Waals surface area contributed by atoms with Crippen molar-refractivity contribution in [2.45, 2.75) is 20.3 Å². The maximum Gasteiger partial charge on any atom is 0.00660 e. The van der Waals surface area contributed by atoms with Crippen LogP contribution in [-0.4, -0.2) is 5.33 Å². The fourth-order valence-corrected chi connectivity index (χ4v) is 0.684. The van der Waals surface area contributed by atoms with Crippen molar-refractivity contribution in [3.63, 3.8) is 0 Å². The SMILES string of the molecule is CC(C)=CC=CCCBr. The summed E-state index contributed by atoms with van der Waals surface area (Å²) in [5.41, 5.74) is 1.35. The van der Waals surface area contributed by atoms with E-state index in [1.54, 1.807) is 0 Å². The van der Waals surface area contributed by atoms with Crippen LogP contribution in [0.2, 0.25) is 0 Å². The van der Waals surface area contributed by atoms with Gasteiger partial charge in [-0.3, -0.25) is 0 Å². The Morgan fingerprint density at radius 3 is 2.56 bits per heavy atom. The van der Waals surface area contributed by atoms with Crippen molar-refractivity contribution in [1.82, 2.24) is 0 Å². The van der Waals surface area contributed by atoms with Crippen molar-refractivity contribution in [3.05, 3.63) is 23.8 Å². The summed E-state index contributed by atoms with van der Waals surface area (Å²) in [6.07, 6.45) is 7.48. The number of alkyl halides is 1. The summed E-state index contributed by atoms with van der Waals surface area (Å²) < 4.78 is 0. The molecule has 52 valence electrons. The summed E-state index contributed by atoms with van der Waals surface area (Å²) in [4.78, 5) is 0. The van der Waals surface area contributed by atoms with Gasteiger partial charge in [0.25, 0.3) is 0 Å². The first-order valence-corrected chi connectivity index (χ1v) is 4.25. The lowest BCUT2D eigenvalue weighted by atomic mass is 10.3. The standard InChI is InChI=1S/C8H13Br/c1-8(2)6-4-3-5-7-9/h3-4,6H,5,7H2,1-2H3. The molecule has 0 fully saturated rings. The Morgan fingerprint density at radius 1 is 1.44 bits per heavy atom. The van der Waals surface area contributed by atoms with Crippen LogP contribution in [0.3, 0.4) is 0 Å². The number of halogens is 1. The van der Waals surface area contributed by atoms with Gasteiger partial charge in [-0.1, -0.05) is 39.7 Å². The first-order valence-electron chi connectivity index (χ1n) is 3.13. The molecule has 0 aromatic rings. The number of hydrogen-bond acceptors (Lipinski definition) is 0. The molecule has 0 saturated heterocycles. The van der Waals surface area contributed by atoms with E-state index in [0.717, 1.165) is 11.8 Å². The zero-order chi connectivity index (χ0) is 7.11. The zero-order valence-electron chi connectivity index (χ0n) is 6.02. The van der Waals surface area contributed by atoms with E-state index in [0.29, 0.717) is 0 Å². The van der Waals surface area contributed by atoms with Gasteiger partial charge in [-0.05, 0) is 20.3 Å². The van der Waals surface area contributed by atoms with E-state index in [2.05, 4.69) is 48.0 Å². The smallest absolute Gasteiger partial charge is 0.00660 e. The predicted octanol–water partition coefficient (Wildman–Crippen LogP) is 3.29. The average molecular weight is 189 g/mol. The third-order valence-corrected chi connectivity index (χ3v) is 1.30. The molecule has 0 aliphatic rings. The molecule has 0 aromatic carbocycles. The first-order chi connectivity index (χ1) is 4.27. The average Bonchev–Trinajstić information content (AvgIpc) is 1.80. The Hall–Kier alpha value is -0.0400. The molecule has 0 aromatic heterocycles. The predicted molar refractivity (Wildman–Crippen MR) is 47.0 cm³/mol. The molecule has 0 radical (unpaired) electrons. The highest BCUT2D eigenvalue weighted by molar-refractivity contribution is 9.09. The lowest BCUT2D eigenvalue weighted by Crippen LogP contribution is -1.64. The lowest BCUT2D eigenvalue weighted by Gasteiger charge is -1.82. The van der Waals surface area contributed by atoms with E-state index in [-0.39, 0.29) is 0 Å². The highest BCUT2D eigenvalue weighted by atomic mass is 79.9. The van der Waals surface area contributed by atoms with Gasteiger partial charge in [0.2, 0.25) is 0 Å². The van der Waals surface area contributed by atoms with Gasteiger partial charge in [-0.2, -0.15) is 0 Å². The van der Waals surface area contributed by atoms with Crippen LogP contribution in [0.25, 0.3) is 0 Å². The van der Waals surface area contributed by atoms with Gasteiger partial charge in [-0.25, -0.2) is 0 Å². The Labute approximate surface area is 65.8 Å². The van der Waals surface area contributed by atoms with E-state index >= 15 is 0 Å². The second-order valence-electron chi connectivity index (χ2n) is 2.15. The number of hydrogen-bond donors (Lipinski definition) is 0. The van der Waals surface area contributed by atoms with Gasteiger partial charge in [-0.15, -0.1) is 0 Å². The fraction of sp³-hybridized carbons (Fsp3) is 0.500. The van der Waals surface area contributed by atoms with Crippen LogP contribution in [0.1, 0.15) is 20.3 Å². The molecule has 0 unspecified atom stereocenters. The second-order valence-corrected chi connectivity index (χ2v) is 2.94. The number of rotatable bonds is 3. The van der Waals surface area contributed by atoms with Crippen molar-refractivity contribution in [2.24, 2.45) is 0 Å². The second kappa shape index (κ2) is 6.09. The quantitative estimate of drug-likeness (QED) is 0.472. The molecule has 0 aliphatic heterocycles. The highest BCUT2D eigenvalue weighted by Crippen LogP contribution is 1.92. The van der Waals surface area contributed by atoms with Crippen molar-refractivity contribution >= 4 is 15.9 Å². The molecule has 0 N–H and O–H groups in total. The van der Waals surface area contributed by atoms with E-state index in [1.807, 2.05) is 0 Å². The molecular weight excluding hydrogens is 176 g/mol. The molecule has 0 amide bonds. The fourth-order valence-electron chi connectivity index (χ4n) is 0.420. The highest BCUT2D eigenvalue weighted by Gasteiger charge is 1.72. The number of allylic oxidation sites excluding steroid dienone is 4. The van der Waals surface area contributed by atoms with Crippen LogP contribution in [0.4, 0.5) is 0 Å². The van der Waals surface area contributed by atoms with Crippen molar-refractivity contribution in [2.75, 3.05) is 5.33 Å². The van der Waals surface area contributed by atoms with Crippen LogP contribution in [0, 0.1) is 0 Å². The molecule has 0 rings (SSSR count). The van der Waals surface area contributed by atoms with Crippen LogP contribution in [0.15, 0.2) is 23.8 Å². The Kier molecular flexibility index (Phi) is 6.06.